The van der Waals surface area contributed by atoms with E-state index >= 15 is 0 Å². The summed E-state index contributed by atoms with van der Waals surface area (Å²) >= 11 is 0. The highest BCUT2D eigenvalue weighted by Gasteiger charge is 2.20. The molecule has 5 heteroatoms. The molecule has 0 bridgehead atoms. The van der Waals surface area contributed by atoms with Crippen molar-refractivity contribution in [3.05, 3.63) is 176 Å². The summed E-state index contributed by atoms with van der Waals surface area (Å²) in [6, 6.07) is 56.7. The Balaban J connectivity index is 1.36. The van der Waals surface area contributed by atoms with Gasteiger partial charge in [-0.25, -0.2) is 15.0 Å². The molecule has 0 N–H and O–H groups in total. The second kappa shape index (κ2) is 12.1. The summed E-state index contributed by atoms with van der Waals surface area (Å²) in [5.74, 6) is 1.84. The van der Waals surface area contributed by atoms with Crippen molar-refractivity contribution in [2.45, 2.75) is 0 Å². The highest BCUT2D eigenvalue weighted by Crippen LogP contribution is 2.39. The van der Waals surface area contributed by atoms with Gasteiger partial charge >= 0.3 is 0 Å². The van der Waals surface area contributed by atoms with Crippen molar-refractivity contribution in [2.24, 2.45) is 0 Å². The van der Waals surface area contributed by atoms with Gasteiger partial charge in [0.2, 0.25) is 0 Å². The van der Waals surface area contributed by atoms with Gasteiger partial charge < -0.3 is 4.57 Å². The average molecular weight is 628 g/mol. The minimum atomic E-state index is 0.596. The second-order valence-electron chi connectivity index (χ2n) is 12.0. The average Bonchev–Trinajstić information content (AvgIpc) is 3.52. The number of fused-ring (bicyclic) bond motifs is 3. The molecule has 9 rings (SSSR count). The zero-order valence-corrected chi connectivity index (χ0v) is 26.5. The van der Waals surface area contributed by atoms with Gasteiger partial charge in [0, 0.05) is 45.4 Å². The topological polar surface area (TPSA) is 56.5 Å². The van der Waals surface area contributed by atoms with E-state index in [-0.39, 0.29) is 0 Å². The predicted molar refractivity (Wildman–Crippen MR) is 199 cm³/mol. The lowest BCUT2D eigenvalue weighted by Gasteiger charge is -2.16. The van der Waals surface area contributed by atoms with Crippen LogP contribution in [0, 0.1) is 0 Å². The Morgan fingerprint density at radius 2 is 0.918 bits per heavy atom. The Labute approximate surface area is 283 Å². The predicted octanol–water partition coefficient (Wildman–Crippen LogP) is 10.7. The van der Waals surface area contributed by atoms with Gasteiger partial charge in [0.1, 0.15) is 0 Å². The summed E-state index contributed by atoms with van der Waals surface area (Å²) in [4.78, 5) is 19.8. The fourth-order valence-electron chi connectivity index (χ4n) is 6.59. The first kappa shape index (κ1) is 28.5. The zero-order valence-electron chi connectivity index (χ0n) is 26.5. The Hall–Kier alpha value is -6.72. The number of nitrogens with zero attached hydrogens (tertiary/aromatic N) is 5. The molecule has 230 valence electrons. The van der Waals surface area contributed by atoms with Gasteiger partial charge in [0.25, 0.3) is 0 Å². The maximum atomic E-state index is 5.18. The van der Waals surface area contributed by atoms with Crippen LogP contribution in [0.3, 0.4) is 0 Å². The van der Waals surface area contributed by atoms with Crippen LogP contribution in [0.25, 0.3) is 83.9 Å². The van der Waals surface area contributed by atoms with E-state index in [2.05, 4.69) is 107 Å². The molecule has 6 aromatic carbocycles. The molecule has 0 saturated carbocycles. The molecule has 3 aromatic heterocycles. The molecule has 9 aromatic rings. The summed E-state index contributed by atoms with van der Waals surface area (Å²) in [6.45, 7) is 0. The number of para-hydroxylation sites is 1. The lowest BCUT2D eigenvalue weighted by molar-refractivity contribution is 1.06. The van der Waals surface area contributed by atoms with Gasteiger partial charge in [0.15, 0.2) is 17.5 Å². The van der Waals surface area contributed by atoms with Gasteiger partial charge in [-0.1, -0.05) is 133 Å². The molecule has 0 radical (unpaired) electrons. The highest BCUT2D eigenvalue weighted by atomic mass is 15.1. The third-order valence-corrected chi connectivity index (χ3v) is 8.95. The number of aromatic nitrogens is 5. The van der Waals surface area contributed by atoms with E-state index in [1.807, 2.05) is 72.9 Å². The van der Waals surface area contributed by atoms with Crippen LogP contribution in [0.15, 0.2) is 176 Å². The minimum Gasteiger partial charge on any atom is -0.308 e. The molecule has 49 heavy (non-hydrogen) atoms. The third kappa shape index (κ3) is 5.24. The maximum Gasteiger partial charge on any atom is 0.166 e. The Kier molecular flexibility index (Phi) is 7.06. The van der Waals surface area contributed by atoms with E-state index in [0.717, 1.165) is 50.1 Å². The molecule has 5 nitrogen and oxygen atoms in total. The number of pyridine rings is 1. The Bertz CT molecular complexity index is 2520. The van der Waals surface area contributed by atoms with Gasteiger partial charge in [-0.3, -0.25) is 4.98 Å². The van der Waals surface area contributed by atoms with Gasteiger partial charge in [0.05, 0.1) is 16.7 Å². The lowest BCUT2D eigenvalue weighted by Crippen LogP contribution is -2.04. The molecule has 0 spiro atoms. The van der Waals surface area contributed by atoms with Crippen molar-refractivity contribution >= 4 is 21.8 Å². The van der Waals surface area contributed by atoms with Crippen LogP contribution in [0.2, 0.25) is 0 Å². The highest BCUT2D eigenvalue weighted by molar-refractivity contribution is 6.10. The molecule has 0 aliphatic rings. The monoisotopic (exact) mass is 627 g/mol. The molecule has 0 unspecified atom stereocenters. The fraction of sp³-hybridized carbons (Fsp3) is 0. The molecule has 0 fully saturated rings. The van der Waals surface area contributed by atoms with Crippen molar-refractivity contribution < 1.29 is 0 Å². The Morgan fingerprint density at radius 1 is 0.367 bits per heavy atom. The normalized spacial score (nSPS) is 11.3. The van der Waals surface area contributed by atoms with E-state index in [0.29, 0.717) is 17.5 Å². The maximum absolute atomic E-state index is 5.18. The quantitative estimate of drug-likeness (QED) is 0.184. The van der Waals surface area contributed by atoms with Crippen molar-refractivity contribution in [2.75, 3.05) is 0 Å². The van der Waals surface area contributed by atoms with Crippen molar-refractivity contribution in [1.82, 2.24) is 24.5 Å². The number of benzene rings is 6. The van der Waals surface area contributed by atoms with Crippen molar-refractivity contribution in [1.29, 1.82) is 0 Å². The van der Waals surface area contributed by atoms with Crippen LogP contribution < -0.4 is 0 Å². The largest absolute Gasteiger partial charge is 0.308 e. The Morgan fingerprint density at radius 3 is 1.59 bits per heavy atom. The SMILES string of the molecule is c1ccc(-c2ccc3c4ccccc4n(-c4ccc(-c5cccnc5)cc4-c4nc(-c5ccccc5)nc(-c5ccccc5)n4)c3c2)cc1. The smallest absolute Gasteiger partial charge is 0.166 e. The summed E-state index contributed by atoms with van der Waals surface area (Å²) in [7, 11) is 0. The first-order valence-electron chi connectivity index (χ1n) is 16.3. The molecular weight excluding hydrogens is 599 g/mol. The summed E-state index contributed by atoms with van der Waals surface area (Å²) in [5, 5.41) is 2.37. The number of rotatable bonds is 6. The van der Waals surface area contributed by atoms with Crippen LogP contribution in [0.1, 0.15) is 0 Å². The molecule has 0 atom stereocenters. The third-order valence-electron chi connectivity index (χ3n) is 8.95. The molecule has 0 aliphatic heterocycles. The second-order valence-corrected chi connectivity index (χ2v) is 12.0. The molecule has 0 aliphatic carbocycles. The minimum absolute atomic E-state index is 0.596. The molecular formula is C44H29N5. The summed E-state index contributed by atoms with van der Waals surface area (Å²) in [5.41, 5.74) is 10.3. The van der Waals surface area contributed by atoms with Gasteiger partial charge in [-0.15, -0.1) is 0 Å². The standard InChI is InChI=1S/C44H29N5/c1-4-13-30(14-5-1)34-22-24-37-36-20-10-11-21-39(36)49(41(37)28-34)40-25-23-33(35-19-12-26-45-29-35)27-38(40)44-47-42(31-15-6-2-7-16-31)46-43(48-44)32-17-8-3-9-18-32/h1-29H. The van der Waals surface area contributed by atoms with Crippen LogP contribution in [-0.2, 0) is 0 Å². The molecule has 0 amide bonds. The van der Waals surface area contributed by atoms with E-state index in [9.17, 15) is 0 Å². The number of hydrogen-bond donors (Lipinski definition) is 0. The van der Waals surface area contributed by atoms with Crippen LogP contribution >= 0.6 is 0 Å². The summed E-state index contributed by atoms with van der Waals surface area (Å²) in [6.07, 6.45) is 3.69. The van der Waals surface area contributed by atoms with Crippen LogP contribution in [-0.4, -0.2) is 24.5 Å². The van der Waals surface area contributed by atoms with E-state index in [1.54, 1.807) is 6.20 Å². The molecule has 0 saturated heterocycles. The first-order valence-corrected chi connectivity index (χ1v) is 16.3. The van der Waals surface area contributed by atoms with Gasteiger partial charge in [-0.2, -0.15) is 0 Å². The molecule has 3 heterocycles. The van der Waals surface area contributed by atoms with Crippen molar-refractivity contribution in [3.8, 4) is 62.1 Å². The van der Waals surface area contributed by atoms with Crippen molar-refractivity contribution in [3.63, 3.8) is 0 Å². The van der Waals surface area contributed by atoms with E-state index in [1.165, 1.54) is 16.3 Å². The number of hydrogen-bond acceptors (Lipinski definition) is 4. The lowest BCUT2D eigenvalue weighted by atomic mass is 10.0. The van der Waals surface area contributed by atoms with Crippen LogP contribution in [0.4, 0.5) is 0 Å². The van der Waals surface area contributed by atoms with Gasteiger partial charge in [-0.05, 0) is 47.0 Å². The van der Waals surface area contributed by atoms with E-state index < -0.39 is 0 Å². The van der Waals surface area contributed by atoms with Crippen LogP contribution in [0.5, 0.6) is 0 Å². The van der Waals surface area contributed by atoms with E-state index in [4.69, 9.17) is 15.0 Å². The first-order chi connectivity index (χ1) is 24.3. The zero-order chi connectivity index (χ0) is 32.6. The fourth-order valence-corrected chi connectivity index (χ4v) is 6.59. The summed E-state index contributed by atoms with van der Waals surface area (Å²) < 4.78 is 2.35.